The molecular weight excluding hydrogens is 345 g/mol. The van der Waals surface area contributed by atoms with Gasteiger partial charge in [-0.15, -0.1) is 0 Å². The number of halogens is 3. The number of benzene rings is 1. The van der Waals surface area contributed by atoms with Gasteiger partial charge in [-0.1, -0.05) is 6.07 Å². The molecule has 0 saturated carbocycles. The lowest BCUT2D eigenvalue weighted by atomic mass is 10.1. The molecule has 3 rings (SSSR count). The van der Waals surface area contributed by atoms with Crippen LogP contribution in [0, 0.1) is 12.8 Å². The number of hydrogen-bond acceptors (Lipinski definition) is 3. The Morgan fingerprint density at radius 3 is 2.85 bits per heavy atom. The van der Waals surface area contributed by atoms with Crippen molar-refractivity contribution in [1.82, 2.24) is 20.0 Å². The van der Waals surface area contributed by atoms with Gasteiger partial charge in [-0.25, -0.2) is 4.68 Å². The molecule has 8 heteroatoms. The van der Waals surface area contributed by atoms with Crippen LogP contribution in [0.2, 0.25) is 0 Å². The predicted molar refractivity (Wildman–Crippen MR) is 91.2 cm³/mol. The summed E-state index contributed by atoms with van der Waals surface area (Å²) in [6, 6.07) is 4.93. The fraction of sp³-hybridized carbons (Fsp3) is 0.444. The van der Waals surface area contributed by atoms with Crippen LogP contribution in [0.15, 0.2) is 30.5 Å². The molecule has 0 radical (unpaired) electrons. The van der Waals surface area contributed by atoms with Gasteiger partial charge in [-0.2, -0.15) is 18.3 Å². The van der Waals surface area contributed by atoms with Crippen LogP contribution in [0.4, 0.5) is 13.2 Å². The molecule has 140 valence electrons. The van der Waals surface area contributed by atoms with Gasteiger partial charge in [0.05, 0.1) is 28.7 Å². The Morgan fingerprint density at radius 2 is 2.15 bits per heavy atom. The summed E-state index contributed by atoms with van der Waals surface area (Å²) < 4.78 is 40.2. The van der Waals surface area contributed by atoms with Crippen LogP contribution in [0.25, 0.3) is 5.69 Å². The molecule has 0 aliphatic carbocycles. The lowest BCUT2D eigenvalue weighted by Crippen LogP contribution is -2.30. The minimum Gasteiger partial charge on any atom is -0.338 e. The molecule has 1 atom stereocenters. The van der Waals surface area contributed by atoms with Crippen LogP contribution in [0.5, 0.6) is 0 Å². The van der Waals surface area contributed by atoms with Crippen molar-refractivity contribution < 1.29 is 18.0 Å². The van der Waals surface area contributed by atoms with Crippen molar-refractivity contribution in [2.24, 2.45) is 5.92 Å². The number of amides is 1. The second-order valence-electron chi connectivity index (χ2n) is 6.57. The zero-order valence-electron chi connectivity index (χ0n) is 14.7. The van der Waals surface area contributed by atoms with E-state index in [0.29, 0.717) is 30.3 Å². The van der Waals surface area contributed by atoms with Gasteiger partial charge in [0.1, 0.15) is 0 Å². The number of likely N-dealkylation sites (tertiary alicyclic amines) is 1. The van der Waals surface area contributed by atoms with E-state index in [-0.39, 0.29) is 11.6 Å². The molecule has 2 heterocycles. The molecule has 1 aromatic heterocycles. The molecule has 1 aliphatic heterocycles. The van der Waals surface area contributed by atoms with E-state index in [4.69, 9.17) is 0 Å². The molecule has 0 bridgehead atoms. The summed E-state index contributed by atoms with van der Waals surface area (Å²) in [6.45, 7) is 3.90. The third-order valence-electron chi connectivity index (χ3n) is 4.72. The Bertz CT molecular complexity index is 800. The van der Waals surface area contributed by atoms with Crippen molar-refractivity contribution >= 4 is 5.91 Å². The topological polar surface area (TPSA) is 50.2 Å². The number of alkyl halides is 3. The van der Waals surface area contributed by atoms with Crippen LogP contribution in [-0.2, 0) is 6.18 Å². The summed E-state index contributed by atoms with van der Waals surface area (Å²) in [5, 5.41) is 7.26. The fourth-order valence-corrected chi connectivity index (χ4v) is 3.34. The highest BCUT2D eigenvalue weighted by molar-refractivity contribution is 5.95. The molecule has 1 N–H and O–H groups in total. The van der Waals surface area contributed by atoms with Crippen LogP contribution in [-0.4, -0.2) is 47.3 Å². The van der Waals surface area contributed by atoms with Crippen molar-refractivity contribution in [2.75, 3.05) is 26.7 Å². The second kappa shape index (κ2) is 7.11. The molecular formula is C18H21F3N4O. The molecule has 1 aliphatic rings. The summed E-state index contributed by atoms with van der Waals surface area (Å²) in [7, 11) is 1.88. The number of rotatable bonds is 4. The Kier molecular flexibility index (Phi) is 5.04. The normalized spacial score (nSPS) is 17.7. The fourth-order valence-electron chi connectivity index (χ4n) is 3.34. The summed E-state index contributed by atoms with van der Waals surface area (Å²) in [6.07, 6.45) is -2.05. The van der Waals surface area contributed by atoms with E-state index in [2.05, 4.69) is 10.4 Å². The highest BCUT2D eigenvalue weighted by Crippen LogP contribution is 2.30. The molecule has 1 saturated heterocycles. The van der Waals surface area contributed by atoms with Crippen LogP contribution in [0.1, 0.15) is 28.0 Å². The van der Waals surface area contributed by atoms with Crippen molar-refractivity contribution in [2.45, 2.75) is 19.5 Å². The van der Waals surface area contributed by atoms with E-state index in [1.54, 1.807) is 17.9 Å². The van der Waals surface area contributed by atoms with Gasteiger partial charge in [0.15, 0.2) is 0 Å². The molecule has 1 amide bonds. The molecule has 1 fully saturated rings. The Morgan fingerprint density at radius 1 is 1.38 bits per heavy atom. The molecule has 0 spiro atoms. The first-order valence-corrected chi connectivity index (χ1v) is 8.47. The first-order valence-electron chi connectivity index (χ1n) is 8.47. The molecule has 2 aromatic rings. The third-order valence-corrected chi connectivity index (χ3v) is 4.72. The molecule has 1 aromatic carbocycles. The standard InChI is InChI=1S/C18H21F3N4O/c1-12-16(17(26)24-7-6-13(11-24)9-22-2)10-23-25(12)15-5-3-4-14(8-15)18(19,20)21/h3-5,8,10,13,22H,6-7,9,11H2,1-2H3. The zero-order chi connectivity index (χ0) is 18.9. The average molecular weight is 366 g/mol. The van der Waals surface area contributed by atoms with Gasteiger partial charge in [-0.05, 0) is 51.1 Å². The summed E-state index contributed by atoms with van der Waals surface area (Å²) in [5.41, 5.74) is 0.497. The van der Waals surface area contributed by atoms with Crippen LogP contribution >= 0.6 is 0 Å². The number of hydrogen-bond donors (Lipinski definition) is 1. The predicted octanol–water partition coefficient (Wildman–Crippen LogP) is 2.88. The van der Waals surface area contributed by atoms with Crippen molar-refractivity contribution in [1.29, 1.82) is 0 Å². The molecule has 5 nitrogen and oxygen atoms in total. The summed E-state index contributed by atoms with van der Waals surface area (Å²) in [4.78, 5) is 14.5. The largest absolute Gasteiger partial charge is 0.416 e. The SMILES string of the molecule is CNCC1CCN(C(=O)c2cnn(-c3cccc(C(F)(F)F)c3)c2C)C1. The smallest absolute Gasteiger partial charge is 0.338 e. The first-order chi connectivity index (χ1) is 12.3. The van der Waals surface area contributed by atoms with E-state index < -0.39 is 11.7 Å². The van der Waals surface area contributed by atoms with Crippen molar-refractivity contribution in [3.05, 3.63) is 47.3 Å². The number of carbonyl (C=O) groups excluding carboxylic acids is 1. The minimum atomic E-state index is -4.42. The van der Waals surface area contributed by atoms with E-state index >= 15 is 0 Å². The van der Waals surface area contributed by atoms with Crippen molar-refractivity contribution in [3.63, 3.8) is 0 Å². The van der Waals surface area contributed by atoms with Gasteiger partial charge in [0, 0.05) is 13.1 Å². The van der Waals surface area contributed by atoms with Gasteiger partial charge in [0.2, 0.25) is 0 Å². The van der Waals surface area contributed by atoms with Gasteiger partial charge in [0.25, 0.3) is 5.91 Å². The minimum absolute atomic E-state index is 0.126. The molecule has 1 unspecified atom stereocenters. The maximum Gasteiger partial charge on any atom is 0.416 e. The van der Waals surface area contributed by atoms with Gasteiger partial charge < -0.3 is 10.2 Å². The third kappa shape index (κ3) is 3.60. The average Bonchev–Trinajstić information content (AvgIpc) is 3.21. The van der Waals surface area contributed by atoms with Gasteiger partial charge in [-0.3, -0.25) is 4.79 Å². The summed E-state index contributed by atoms with van der Waals surface area (Å²) >= 11 is 0. The quantitative estimate of drug-likeness (QED) is 0.905. The Labute approximate surface area is 149 Å². The summed E-state index contributed by atoms with van der Waals surface area (Å²) in [5.74, 6) is 0.294. The van der Waals surface area contributed by atoms with E-state index in [1.165, 1.54) is 16.9 Å². The van der Waals surface area contributed by atoms with Gasteiger partial charge >= 0.3 is 6.18 Å². The maximum absolute atomic E-state index is 12.9. The first kappa shape index (κ1) is 18.4. The van der Waals surface area contributed by atoms with E-state index in [9.17, 15) is 18.0 Å². The Hall–Kier alpha value is -2.35. The van der Waals surface area contributed by atoms with Crippen molar-refractivity contribution in [3.8, 4) is 5.69 Å². The highest BCUT2D eigenvalue weighted by Gasteiger charge is 2.31. The maximum atomic E-state index is 12.9. The number of nitrogens with zero attached hydrogens (tertiary/aromatic N) is 3. The van der Waals surface area contributed by atoms with E-state index in [1.807, 2.05) is 7.05 Å². The monoisotopic (exact) mass is 366 g/mol. The molecule has 26 heavy (non-hydrogen) atoms. The lowest BCUT2D eigenvalue weighted by Gasteiger charge is -2.16. The Balaban J connectivity index is 1.84. The number of nitrogens with one attached hydrogen (secondary N) is 1. The number of aromatic nitrogens is 2. The lowest BCUT2D eigenvalue weighted by molar-refractivity contribution is -0.137. The van der Waals surface area contributed by atoms with Crippen LogP contribution < -0.4 is 5.32 Å². The number of carbonyl (C=O) groups is 1. The highest BCUT2D eigenvalue weighted by atomic mass is 19.4. The van der Waals surface area contributed by atoms with E-state index in [0.717, 1.165) is 25.1 Å². The second-order valence-corrected chi connectivity index (χ2v) is 6.57. The zero-order valence-corrected chi connectivity index (χ0v) is 14.7. The van der Waals surface area contributed by atoms with Crippen LogP contribution in [0.3, 0.4) is 0 Å².